The van der Waals surface area contributed by atoms with Gasteiger partial charge in [0.2, 0.25) is 0 Å². The lowest BCUT2D eigenvalue weighted by Crippen LogP contribution is -2.52. The fourth-order valence-electron chi connectivity index (χ4n) is 1.28. The first-order valence-corrected chi connectivity index (χ1v) is 3.77. The Morgan fingerprint density at radius 1 is 1.64 bits per heavy atom. The smallest absolute Gasteiger partial charge is 0.184 e. The number of methoxy groups -OCH3 is 1. The summed E-state index contributed by atoms with van der Waals surface area (Å²) in [7, 11) is 1.50. The third kappa shape index (κ3) is 1.90. The summed E-state index contributed by atoms with van der Waals surface area (Å²) in [5.74, 6) is 0. The zero-order valence-corrected chi connectivity index (χ0v) is 6.86. The maximum Gasteiger partial charge on any atom is 0.184 e. The van der Waals surface area contributed by atoms with Gasteiger partial charge in [-0.25, -0.2) is 0 Å². The van der Waals surface area contributed by atoms with E-state index in [0.717, 1.165) is 0 Å². The van der Waals surface area contributed by atoms with Gasteiger partial charge in [0.1, 0.15) is 6.10 Å². The van der Waals surface area contributed by atoms with Crippen LogP contribution in [-0.2, 0) is 9.47 Å². The van der Waals surface area contributed by atoms with Crippen molar-refractivity contribution >= 4 is 0 Å². The highest BCUT2D eigenvalue weighted by molar-refractivity contribution is 4.82. The van der Waals surface area contributed by atoms with Crippen molar-refractivity contribution < 1.29 is 14.6 Å². The predicted octanol–water partition coefficient (Wildman–Crippen LogP) is -0.544. The summed E-state index contributed by atoms with van der Waals surface area (Å²) in [5, 5.41) is 9.38. The first kappa shape index (κ1) is 8.93. The van der Waals surface area contributed by atoms with Gasteiger partial charge < -0.3 is 20.3 Å². The fourth-order valence-corrected chi connectivity index (χ4v) is 1.28. The molecule has 0 radical (unpaired) electrons. The molecule has 11 heavy (non-hydrogen) atoms. The minimum atomic E-state index is -0.698. The molecule has 0 amide bonds. The molecule has 0 unspecified atom stereocenters. The van der Waals surface area contributed by atoms with E-state index < -0.39 is 12.4 Å². The lowest BCUT2D eigenvalue weighted by atomic mass is 10.0. The van der Waals surface area contributed by atoms with Crippen molar-refractivity contribution in [3.8, 4) is 0 Å². The van der Waals surface area contributed by atoms with E-state index in [1.54, 1.807) is 0 Å². The summed E-state index contributed by atoms with van der Waals surface area (Å²) >= 11 is 0. The lowest BCUT2D eigenvalue weighted by Gasteiger charge is -2.35. The molecular weight excluding hydrogens is 146 g/mol. The molecule has 0 spiro atoms. The third-order valence-electron chi connectivity index (χ3n) is 1.92. The van der Waals surface area contributed by atoms with Crippen LogP contribution < -0.4 is 5.73 Å². The van der Waals surface area contributed by atoms with E-state index in [1.165, 1.54) is 7.11 Å². The molecule has 1 aliphatic rings. The predicted molar refractivity (Wildman–Crippen MR) is 39.9 cm³/mol. The molecule has 66 valence electrons. The molecule has 4 atom stereocenters. The second-order valence-corrected chi connectivity index (χ2v) is 2.94. The van der Waals surface area contributed by atoms with Crippen LogP contribution in [0.5, 0.6) is 0 Å². The van der Waals surface area contributed by atoms with Crippen LogP contribution in [0.1, 0.15) is 13.3 Å². The summed E-state index contributed by atoms with van der Waals surface area (Å²) in [6.07, 6.45) is -0.510. The van der Waals surface area contributed by atoms with E-state index in [2.05, 4.69) is 0 Å². The second-order valence-electron chi connectivity index (χ2n) is 2.94. The first-order chi connectivity index (χ1) is 5.15. The Balaban J connectivity index is 2.51. The van der Waals surface area contributed by atoms with Crippen molar-refractivity contribution in [1.29, 1.82) is 0 Å². The van der Waals surface area contributed by atoms with Gasteiger partial charge in [0.15, 0.2) is 6.29 Å². The van der Waals surface area contributed by atoms with E-state index >= 15 is 0 Å². The van der Waals surface area contributed by atoms with Gasteiger partial charge in [0, 0.05) is 13.2 Å². The minimum Gasteiger partial charge on any atom is -0.386 e. The van der Waals surface area contributed by atoms with Crippen LogP contribution >= 0.6 is 0 Å². The summed E-state index contributed by atoms with van der Waals surface area (Å²) < 4.78 is 10.2. The van der Waals surface area contributed by atoms with Crippen molar-refractivity contribution in [3.63, 3.8) is 0 Å². The Morgan fingerprint density at radius 2 is 2.27 bits per heavy atom. The molecular formula is C7H15NO3. The molecule has 3 N–H and O–H groups in total. The summed E-state index contributed by atoms with van der Waals surface area (Å²) in [5.41, 5.74) is 5.62. The van der Waals surface area contributed by atoms with Crippen molar-refractivity contribution in [3.05, 3.63) is 0 Å². The fraction of sp³-hybridized carbons (Fsp3) is 1.00. The Bertz CT molecular complexity index is 131. The van der Waals surface area contributed by atoms with E-state index in [-0.39, 0.29) is 12.1 Å². The molecule has 0 aromatic carbocycles. The SMILES string of the molecule is CO[C@@H]1O[C@H](C)C[C@H](N)[C@H]1O. The van der Waals surface area contributed by atoms with Crippen molar-refractivity contribution in [1.82, 2.24) is 0 Å². The maximum absolute atomic E-state index is 9.38. The molecule has 1 aliphatic heterocycles. The summed E-state index contributed by atoms with van der Waals surface area (Å²) in [4.78, 5) is 0. The van der Waals surface area contributed by atoms with Crippen LogP contribution in [0, 0.1) is 0 Å². The third-order valence-corrected chi connectivity index (χ3v) is 1.92. The van der Waals surface area contributed by atoms with Crippen molar-refractivity contribution in [2.75, 3.05) is 7.11 Å². The average molecular weight is 161 g/mol. The zero-order chi connectivity index (χ0) is 8.43. The molecule has 0 aromatic heterocycles. The van der Waals surface area contributed by atoms with Crippen molar-refractivity contribution in [2.45, 2.75) is 37.9 Å². The van der Waals surface area contributed by atoms with Crippen LogP contribution in [0.2, 0.25) is 0 Å². The molecule has 1 rings (SSSR count). The Morgan fingerprint density at radius 3 is 2.82 bits per heavy atom. The van der Waals surface area contributed by atoms with Gasteiger partial charge in [0.25, 0.3) is 0 Å². The molecule has 0 bridgehead atoms. The van der Waals surface area contributed by atoms with Gasteiger partial charge in [-0.3, -0.25) is 0 Å². The molecule has 1 saturated heterocycles. The Labute approximate surface area is 66.3 Å². The summed E-state index contributed by atoms with van der Waals surface area (Å²) in [6, 6.07) is -0.233. The highest BCUT2D eigenvalue weighted by Gasteiger charge is 2.33. The molecule has 4 heteroatoms. The zero-order valence-electron chi connectivity index (χ0n) is 6.86. The topological polar surface area (TPSA) is 64.7 Å². The number of aliphatic hydroxyl groups excluding tert-OH is 1. The number of hydrogen-bond donors (Lipinski definition) is 2. The van der Waals surface area contributed by atoms with Crippen LogP contribution in [-0.4, -0.2) is 36.8 Å². The minimum absolute atomic E-state index is 0.0679. The molecule has 1 heterocycles. The second kappa shape index (κ2) is 3.49. The maximum atomic E-state index is 9.38. The monoisotopic (exact) mass is 161 g/mol. The average Bonchev–Trinajstić information content (AvgIpc) is 1.96. The molecule has 0 aliphatic carbocycles. The van der Waals surface area contributed by atoms with Crippen molar-refractivity contribution in [2.24, 2.45) is 5.73 Å². The van der Waals surface area contributed by atoms with Crippen LogP contribution in [0.4, 0.5) is 0 Å². The number of nitrogens with two attached hydrogens (primary N) is 1. The van der Waals surface area contributed by atoms with Gasteiger partial charge in [-0.15, -0.1) is 0 Å². The quantitative estimate of drug-likeness (QED) is 0.542. The molecule has 0 saturated carbocycles. The lowest BCUT2D eigenvalue weighted by molar-refractivity contribution is -0.230. The number of ether oxygens (including phenoxy) is 2. The number of aliphatic hydroxyl groups is 1. The normalized spacial score (nSPS) is 45.8. The highest BCUT2D eigenvalue weighted by Crippen LogP contribution is 2.18. The van der Waals surface area contributed by atoms with Gasteiger partial charge in [0.05, 0.1) is 6.10 Å². The van der Waals surface area contributed by atoms with E-state index in [4.69, 9.17) is 15.2 Å². The van der Waals surface area contributed by atoms with Crippen LogP contribution in [0.25, 0.3) is 0 Å². The highest BCUT2D eigenvalue weighted by atomic mass is 16.7. The van der Waals surface area contributed by atoms with Gasteiger partial charge in [-0.1, -0.05) is 0 Å². The van der Waals surface area contributed by atoms with E-state index in [0.29, 0.717) is 6.42 Å². The standard InChI is InChI=1S/C7H15NO3/c1-4-3-5(8)6(9)7(10-2)11-4/h4-7,9H,3,8H2,1-2H3/t4-,5+,6-,7-/m1/s1. The molecule has 1 fully saturated rings. The largest absolute Gasteiger partial charge is 0.386 e. The number of rotatable bonds is 1. The Kier molecular flexibility index (Phi) is 2.84. The molecule has 0 aromatic rings. The van der Waals surface area contributed by atoms with Gasteiger partial charge in [-0.2, -0.15) is 0 Å². The van der Waals surface area contributed by atoms with Crippen LogP contribution in [0.15, 0.2) is 0 Å². The summed E-state index contributed by atoms with van der Waals surface area (Å²) in [6.45, 7) is 1.91. The number of hydrogen-bond acceptors (Lipinski definition) is 4. The Hall–Kier alpha value is -0.160. The molecule has 4 nitrogen and oxygen atoms in total. The van der Waals surface area contributed by atoms with E-state index in [1.807, 2.05) is 6.92 Å². The van der Waals surface area contributed by atoms with Crippen LogP contribution in [0.3, 0.4) is 0 Å². The van der Waals surface area contributed by atoms with Gasteiger partial charge in [-0.05, 0) is 13.3 Å². The van der Waals surface area contributed by atoms with Gasteiger partial charge >= 0.3 is 0 Å². The van der Waals surface area contributed by atoms with E-state index in [9.17, 15) is 5.11 Å². The first-order valence-electron chi connectivity index (χ1n) is 3.77.